The van der Waals surface area contributed by atoms with Crippen LogP contribution in [-0.4, -0.2) is 49.3 Å². The molecule has 0 fully saturated rings. The fraction of sp³-hybridized carbons (Fsp3) is 0.726. The Hall–Kier alpha value is -3.33. The lowest BCUT2D eigenvalue weighted by Crippen LogP contribution is -2.29. The Labute approximate surface area is 511 Å². The summed E-state index contributed by atoms with van der Waals surface area (Å²) in [5, 5.41) is 0. The monoisotopic (exact) mass is 1180 g/mol. The quantitative estimate of drug-likeness (QED) is 0.0264. The van der Waals surface area contributed by atoms with Crippen LogP contribution in [0.4, 0.5) is 0 Å². The van der Waals surface area contributed by atoms with Gasteiger partial charge in [0.2, 0.25) is 0 Å². The highest BCUT2D eigenvalue weighted by Gasteiger charge is 2.26. The van der Waals surface area contributed by atoms with Gasteiger partial charge in [-0.25, -0.2) is 4.57 Å². The molecule has 0 saturated carbocycles. The van der Waals surface area contributed by atoms with Crippen LogP contribution in [-0.2, 0) is 32.7 Å². The Morgan fingerprint density at radius 1 is 0.361 bits per heavy atom. The second-order valence-electron chi connectivity index (χ2n) is 22.6. The Morgan fingerprint density at radius 2 is 0.627 bits per heavy atom. The molecule has 0 heterocycles. The predicted molar refractivity (Wildman–Crippen MR) is 358 cm³/mol. The number of unbranched alkanes of at least 4 members (excludes halogenated alkanes) is 33. The van der Waals surface area contributed by atoms with E-state index in [1.165, 1.54) is 167 Å². The maximum absolute atomic E-state index is 12.8. The second kappa shape index (κ2) is 67.8. The molecule has 0 bridgehead atoms. The highest BCUT2D eigenvalue weighted by Crippen LogP contribution is 2.43. The van der Waals surface area contributed by atoms with Crippen molar-refractivity contribution in [3.05, 3.63) is 109 Å². The van der Waals surface area contributed by atoms with Crippen molar-refractivity contribution in [2.75, 3.05) is 26.4 Å². The summed E-state index contributed by atoms with van der Waals surface area (Å²) in [5.41, 5.74) is 5.40. The minimum atomic E-state index is -4.40. The summed E-state index contributed by atoms with van der Waals surface area (Å²) in [6, 6.07) is 0. The molecule has 0 aromatic carbocycles. The minimum absolute atomic E-state index is 0.0499. The molecule has 10 heteroatoms. The lowest BCUT2D eigenvalue weighted by Gasteiger charge is -2.19. The van der Waals surface area contributed by atoms with Gasteiger partial charge in [0.1, 0.15) is 6.61 Å². The molecule has 9 nitrogen and oxygen atoms in total. The average Bonchev–Trinajstić information content (AvgIpc) is 3.49. The van der Waals surface area contributed by atoms with E-state index in [2.05, 4.69) is 123 Å². The maximum Gasteiger partial charge on any atom is 0.472 e. The van der Waals surface area contributed by atoms with Gasteiger partial charge in [0, 0.05) is 19.4 Å². The van der Waals surface area contributed by atoms with Crippen molar-refractivity contribution in [1.82, 2.24) is 0 Å². The van der Waals surface area contributed by atoms with Crippen LogP contribution in [0, 0.1) is 0 Å². The fourth-order valence-corrected chi connectivity index (χ4v) is 10.4. The van der Waals surface area contributed by atoms with Crippen LogP contribution in [0.2, 0.25) is 0 Å². The van der Waals surface area contributed by atoms with Gasteiger partial charge < -0.3 is 20.1 Å². The fourth-order valence-electron chi connectivity index (χ4n) is 9.66. The molecule has 478 valence electrons. The van der Waals surface area contributed by atoms with Gasteiger partial charge in [-0.2, -0.15) is 0 Å². The van der Waals surface area contributed by atoms with Gasteiger partial charge in [0.05, 0.1) is 13.2 Å². The summed E-state index contributed by atoms with van der Waals surface area (Å²) in [5.74, 6) is -0.829. The van der Waals surface area contributed by atoms with E-state index in [9.17, 15) is 19.0 Å². The minimum Gasteiger partial charge on any atom is -0.462 e. The Bertz CT molecular complexity index is 1730. The number of allylic oxidation sites excluding steroid dienone is 18. The molecule has 0 rings (SSSR count). The number of carbonyl (C=O) groups is 2. The van der Waals surface area contributed by atoms with Crippen molar-refractivity contribution in [3.63, 3.8) is 0 Å². The molecule has 3 N–H and O–H groups in total. The lowest BCUT2D eigenvalue weighted by atomic mass is 10.0. The molecule has 0 aliphatic carbocycles. The first-order chi connectivity index (χ1) is 40.8. The van der Waals surface area contributed by atoms with Crippen molar-refractivity contribution < 1.29 is 37.6 Å². The van der Waals surface area contributed by atoms with Gasteiger partial charge in [-0.05, 0) is 96.3 Å². The van der Waals surface area contributed by atoms with Gasteiger partial charge in [0.25, 0.3) is 0 Å². The molecule has 0 aliphatic heterocycles. The number of ether oxygens (including phenoxy) is 2. The third-order valence-electron chi connectivity index (χ3n) is 14.7. The molecule has 0 aromatic heterocycles. The predicted octanol–water partition coefficient (Wildman–Crippen LogP) is 22.5. The van der Waals surface area contributed by atoms with E-state index in [1.54, 1.807) is 0 Å². The lowest BCUT2D eigenvalue weighted by molar-refractivity contribution is -0.161. The van der Waals surface area contributed by atoms with Gasteiger partial charge in [-0.3, -0.25) is 18.6 Å². The number of carbonyl (C=O) groups excluding carboxylic acids is 2. The van der Waals surface area contributed by atoms with Crippen molar-refractivity contribution in [3.8, 4) is 0 Å². The summed E-state index contributed by atoms with van der Waals surface area (Å²) >= 11 is 0. The van der Waals surface area contributed by atoms with E-state index in [-0.39, 0.29) is 38.6 Å². The standard InChI is InChI=1S/C73H128NO8P/c1-3-5-7-9-11-13-15-17-19-21-23-25-26-27-28-29-30-31-32-33-34-35-36-37-38-39-40-41-42-43-44-46-48-50-52-54-56-58-60-62-64-66-73(76)82-71(70-81-83(77,78)80-68-67-74)69-79-72(75)65-63-61-59-57-55-53-51-49-47-45-24-22-20-18-16-14-12-10-8-6-4-2/h5-8,11-14,17-20,23-25,27-28,45,71H,3-4,9-10,15-16,21-22,26,29-44,46-70,74H2,1-2H3,(H,77,78)/b7-5-,8-6-,13-11-,14-12-,19-17-,20-18-,25-23-,28-27-,45-24-. The number of hydrogen-bond acceptors (Lipinski definition) is 8. The van der Waals surface area contributed by atoms with Crippen molar-refractivity contribution in [2.45, 2.75) is 315 Å². The Morgan fingerprint density at radius 3 is 0.928 bits per heavy atom. The average molecular weight is 1180 g/mol. The molecule has 0 aliphatic rings. The number of hydrogen-bond donors (Lipinski definition) is 2. The molecule has 83 heavy (non-hydrogen) atoms. The van der Waals surface area contributed by atoms with Gasteiger partial charge >= 0.3 is 19.8 Å². The zero-order valence-corrected chi connectivity index (χ0v) is 54.5. The van der Waals surface area contributed by atoms with Crippen molar-refractivity contribution >= 4 is 19.8 Å². The van der Waals surface area contributed by atoms with Gasteiger partial charge in [-0.1, -0.05) is 309 Å². The molecular formula is C73H128NO8P. The summed E-state index contributed by atoms with van der Waals surface area (Å²) in [4.78, 5) is 35.3. The third kappa shape index (κ3) is 67.7. The number of phosphoric ester groups is 1. The Kier molecular flexibility index (Phi) is 65.1. The molecule has 0 saturated heterocycles. The van der Waals surface area contributed by atoms with E-state index >= 15 is 0 Å². The smallest absolute Gasteiger partial charge is 0.462 e. The second-order valence-corrected chi connectivity index (χ2v) is 24.1. The van der Waals surface area contributed by atoms with E-state index in [1.807, 2.05) is 0 Å². The largest absolute Gasteiger partial charge is 0.472 e. The number of esters is 2. The molecule has 2 unspecified atom stereocenters. The SMILES string of the molecule is CC/C=C\C/C=C\C/C=C\C/C=C\C/C=C\CCCCCCCCCCCCCCCCCCCCCCCCCCCC(=O)OC(COC(=O)CCCCCCCCCC/C=C\C/C=C\C/C=C\C/C=C\CC)COP(=O)(O)OCCN. The van der Waals surface area contributed by atoms with E-state index in [4.69, 9.17) is 24.3 Å². The van der Waals surface area contributed by atoms with Crippen LogP contribution in [0.25, 0.3) is 0 Å². The first-order valence-electron chi connectivity index (χ1n) is 34.4. The maximum atomic E-state index is 12.8. The van der Waals surface area contributed by atoms with Crippen LogP contribution < -0.4 is 5.73 Å². The summed E-state index contributed by atoms with van der Waals surface area (Å²) < 4.78 is 33.1. The van der Waals surface area contributed by atoms with Gasteiger partial charge in [0.15, 0.2) is 6.10 Å². The van der Waals surface area contributed by atoms with Crippen molar-refractivity contribution in [2.24, 2.45) is 5.73 Å². The van der Waals surface area contributed by atoms with E-state index in [0.717, 1.165) is 109 Å². The third-order valence-corrected chi connectivity index (χ3v) is 15.6. The summed E-state index contributed by atoms with van der Waals surface area (Å²) in [6.45, 7) is 3.53. The molecule has 0 spiro atoms. The first kappa shape index (κ1) is 79.7. The molecule has 0 radical (unpaired) electrons. The molecule has 0 amide bonds. The number of phosphoric acid groups is 1. The van der Waals surface area contributed by atoms with Crippen LogP contribution in [0.3, 0.4) is 0 Å². The zero-order valence-electron chi connectivity index (χ0n) is 53.7. The number of rotatable bonds is 64. The molecule has 0 aromatic rings. The van der Waals surface area contributed by atoms with E-state index in [0.29, 0.717) is 6.42 Å². The van der Waals surface area contributed by atoms with Gasteiger partial charge in [-0.15, -0.1) is 0 Å². The summed E-state index contributed by atoms with van der Waals surface area (Å²) in [7, 11) is -4.40. The van der Waals surface area contributed by atoms with Crippen LogP contribution in [0.15, 0.2) is 109 Å². The van der Waals surface area contributed by atoms with Crippen molar-refractivity contribution in [1.29, 1.82) is 0 Å². The first-order valence-corrected chi connectivity index (χ1v) is 35.9. The van der Waals surface area contributed by atoms with Crippen LogP contribution >= 0.6 is 7.82 Å². The van der Waals surface area contributed by atoms with Crippen LogP contribution in [0.5, 0.6) is 0 Å². The topological polar surface area (TPSA) is 134 Å². The zero-order chi connectivity index (χ0) is 60.1. The number of nitrogens with two attached hydrogens (primary N) is 1. The normalized spacial score (nSPS) is 13.6. The van der Waals surface area contributed by atoms with Crippen LogP contribution in [0.1, 0.15) is 309 Å². The molecular weight excluding hydrogens is 1050 g/mol. The molecule has 2 atom stereocenters. The highest BCUT2D eigenvalue weighted by atomic mass is 31.2. The Balaban J connectivity index is 3.80. The summed E-state index contributed by atoms with van der Waals surface area (Å²) in [6.07, 6.45) is 93.3. The highest BCUT2D eigenvalue weighted by molar-refractivity contribution is 7.47. The van der Waals surface area contributed by atoms with E-state index < -0.39 is 26.5 Å².